The quantitative estimate of drug-likeness (QED) is 0.643. The average molecular weight is 261 g/mol. The van der Waals surface area contributed by atoms with Crippen molar-refractivity contribution < 1.29 is 0 Å². The van der Waals surface area contributed by atoms with Crippen LogP contribution in [0, 0.1) is 11.3 Å². The number of rotatable bonds is 4. The molecule has 0 saturated heterocycles. The van der Waals surface area contributed by atoms with Crippen LogP contribution in [0.25, 0.3) is 0 Å². The first kappa shape index (κ1) is 13.8. The molecule has 1 aliphatic rings. The lowest BCUT2D eigenvalue weighted by Crippen LogP contribution is -2.35. The number of aromatic nitrogens is 2. The predicted molar refractivity (Wildman–Crippen MR) is 77.5 cm³/mol. The summed E-state index contributed by atoms with van der Waals surface area (Å²) in [6, 6.07) is 0.556. The molecule has 3 N–H and O–H groups in total. The van der Waals surface area contributed by atoms with Crippen molar-refractivity contribution in [1.82, 2.24) is 9.97 Å². The van der Waals surface area contributed by atoms with E-state index in [9.17, 15) is 0 Å². The largest absolute Gasteiger partial charge is 0.382 e. The Kier molecular flexibility index (Phi) is 4.35. The average Bonchev–Trinajstić information content (AvgIpc) is 2.46. The third-order valence-corrected chi connectivity index (χ3v) is 4.22. The van der Waals surface area contributed by atoms with Gasteiger partial charge in [0.25, 0.3) is 0 Å². The maximum Gasteiger partial charge on any atom is 0.147 e. The van der Waals surface area contributed by atoms with E-state index in [0.29, 0.717) is 11.7 Å². The van der Waals surface area contributed by atoms with Crippen molar-refractivity contribution in [3.63, 3.8) is 0 Å². The highest BCUT2D eigenvalue weighted by atomic mass is 15.2. The van der Waals surface area contributed by atoms with Crippen LogP contribution >= 0.6 is 0 Å². The zero-order chi connectivity index (χ0) is 13.8. The molecule has 0 spiro atoms. The molecule has 1 aromatic heterocycles. The molecular formula is C14H23N5. The summed E-state index contributed by atoms with van der Waals surface area (Å²) in [5, 5.41) is 7.31. The van der Waals surface area contributed by atoms with Gasteiger partial charge in [-0.05, 0) is 31.6 Å². The second-order valence-electron chi connectivity index (χ2n) is 5.37. The molecule has 0 aromatic carbocycles. The van der Waals surface area contributed by atoms with Crippen LogP contribution < -0.4 is 10.6 Å². The number of nitrogen functional groups attached to an aromatic ring is 1. The van der Waals surface area contributed by atoms with E-state index in [1.54, 1.807) is 12.4 Å². The number of hydrogen-bond acceptors (Lipinski definition) is 4. The molecule has 0 aliphatic heterocycles. The van der Waals surface area contributed by atoms with Gasteiger partial charge < -0.3 is 10.6 Å². The van der Waals surface area contributed by atoms with Gasteiger partial charge in [-0.3, -0.25) is 5.41 Å². The van der Waals surface area contributed by atoms with E-state index in [1.165, 1.54) is 32.1 Å². The van der Waals surface area contributed by atoms with Crippen LogP contribution in [0.1, 0.15) is 44.7 Å². The van der Waals surface area contributed by atoms with Gasteiger partial charge in [0.2, 0.25) is 0 Å². The second kappa shape index (κ2) is 5.99. The predicted octanol–water partition coefficient (Wildman–Crippen LogP) is 2.17. The summed E-state index contributed by atoms with van der Waals surface area (Å²) in [6.45, 7) is 2.28. The van der Waals surface area contributed by atoms with E-state index in [1.807, 2.05) is 0 Å². The summed E-state index contributed by atoms with van der Waals surface area (Å²) in [6.07, 6.45) is 9.66. The van der Waals surface area contributed by atoms with Gasteiger partial charge in [-0.15, -0.1) is 0 Å². The van der Waals surface area contributed by atoms with Gasteiger partial charge in [0.15, 0.2) is 0 Å². The van der Waals surface area contributed by atoms with Crippen LogP contribution in [0.3, 0.4) is 0 Å². The molecule has 104 valence electrons. The maximum atomic E-state index is 7.31. The Hall–Kier alpha value is -1.65. The first-order chi connectivity index (χ1) is 9.11. The van der Waals surface area contributed by atoms with E-state index in [-0.39, 0.29) is 5.84 Å². The smallest absolute Gasteiger partial charge is 0.147 e. The Morgan fingerprint density at radius 3 is 2.47 bits per heavy atom. The minimum atomic E-state index is -0.0369. The van der Waals surface area contributed by atoms with Gasteiger partial charge in [0, 0.05) is 13.1 Å². The summed E-state index contributed by atoms with van der Waals surface area (Å²) < 4.78 is 0. The van der Waals surface area contributed by atoms with E-state index < -0.39 is 0 Å². The summed E-state index contributed by atoms with van der Waals surface area (Å²) in [4.78, 5) is 10.7. The van der Waals surface area contributed by atoms with Crippen LogP contribution in [-0.4, -0.2) is 28.9 Å². The molecule has 0 unspecified atom stereocenters. The first-order valence-electron chi connectivity index (χ1n) is 7.01. The number of nitrogens with two attached hydrogens (primary N) is 1. The third-order valence-electron chi connectivity index (χ3n) is 4.22. The normalized spacial score (nSPS) is 23.1. The number of amidine groups is 1. The zero-order valence-electron chi connectivity index (χ0n) is 11.8. The molecule has 1 fully saturated rings. The van der Waals surface area contributed by atoms with Crippen molar-refractivity contribution >= 4 is 11.7 Å². The van der Waals surface area contributed by atoms with Gasteiger partial charge in [0.1, 0.15) is 17.3 Å². The molecule has 0 radical (unpaired) electrons. The van der Waals surface area contributed by atoms with Crippen molar-refractivity contribution in [3.05, 3.63) is 18.1 Å². The lowest BCUT2D eigenvalue weighted by atomic mass is 9.84. The highest BCUT2D eigenvalue weighted by Crippen LogP contribution is 2.30. The lowest BCUT2D eigenvalue weighted by molar-refractivity contribution is 0.313. The number of anilines is 1. The second-order valence-corrected chi connectivity index (χ2v) is 5.37. The van der Waals surface area contributed by atoms with Crippen LogP contribution in [0.5, 0.6) is 0 Å². The van der Waals surface area contributed by atoms with Crippen molar-refractivity contribution in [3.8, 4) is 0 Å². The molecule has 19 heavy (non-hydrogen) atoms. The van der Waals surface area contributed by atoms with Crippen molar-refractivity contribution in [2.75, 3.05) is 11.9 Å². The molecule has 5 heteroatoms. The molecule has 0 atom stereocenters. The monoisotopic (exact) mass is 261 g/mol. The molecule has 0 bridgehead atoms. The third kappa shape index (κ3) is 3.22. The van der Waals surface area contributed by atoms with E-state index in [4.69, 9.17) is 11.1 Å². The summed E-state index contributed by atoms with van der Waals surface area (Å²) in [5.74, 6) is 1.73. The highest BCUT2D eigenvalue weighted by Gasteiger charge is 2.23. The van der Waals surface area contributed by atoms with E-state index >= 15 is 0 Å². The fraction of sp³-hybridized carbons (Fsp3) is 0.643. The van der Waals surface area contributed by atoms with Crippen LogP contribution in [0.15, 0.2) is 12.4 Å². The minimum absolute atomic E-state index is 0.0369. The lowest BCUT2D eigenvalue weighted by Gasteiger charge is -2.34. The van der Waals surface area contributed by atoms with Gasteiger partial charge in [0.05, 0.1) is 12.4 Å². The Morgan fingerprint density at radius 2 is 2.00 bits per heavy atom. The molecule has 1 aromatic rings. The Morgan fingerprint density at radius 1 is 1.32 bits per heavy atom. The fourth-order valence-corrected chi connectivity index (χ4v) is 2.77. The number of nitrogens with zero attached hydrogens (tertiary/aromatic N) is 3. The number of hydrogen-bond donors (Lipinski definition) is 2. The topological polar surface area (TPSA) is 78.9 Å². The SMILES string of the molecule is CCC1CCC(N(C)c2cnc(C(=N)N)cn2)CC1. The summed E-state index contributed by atoms with van der Waals surface area (Å²) >= 11 is 0. The molecule has 1 heterocycles. The fourth-order valence-electron chi connectivity index (χ4n) is 2.77. The van der Waals surface area contributed by atoms with Gasteiger partial charge in [-0.2, -0.15) is 0 Å². The minimum Gasteiger partial charge on any atom is -0.382 e. The maximum absolute atomic E-state index is 7.31. The standard InChI is InChI=1S/C14H23N5/c1-3-10-4-6-11(7-5-10)19(2)13-9-17-12(8-18-13)14(15)16/h8-11H,3-7H2,1-2H3,(H3,15,16). The van der Waals surface area contributed by atoms with Crippen LogP contribution in [-0.2, 0) is 0 Å². The van der Waals surface area contributed by atoms with Gasteiger partial charge in [-0.1, -0.05) is 13.3 Å². The van der Waals surface area contributed by atoms with E-state index in [2.05, 4.69) is 28.8 Å². The summed E-state index contributed by atoms with van der Waals surface area (Å²) in [7, 11) is 2.08. The highest BCUT2D eigenvalue weighted by molar-refractivity contribution is 5.92. The van der Waals surface area contributed by atoms with Crippen LogP contribution in [0.4, 0.5) is 5.82 Å². The van der Waals surface area contributed by atoms with Crippen LogP contribution in [0.2, 0.25) is 0 Å². The molecule has 1 aliphatic carbocycles. The Bertz CT molecular complexity index is 420. The zero-order valence-corrected chi connectivity index (χ0v) is 11.8. The van der Waals surface area contributed by atoms with Crippen molar-refractivity contribution in [1.29, 1.82) is 5.41 Å². The summed E-state index contributed by atoms with van der Waals surface area (Å²) in [5.41, 5.74) is 5.82. The van der Waals surface area contributed by atoms with Gasteiger partial charge in [-0.25, -0.2) is 9.97 Å². The van der Waals surface area contributed by atoms with Crippen molar-refractivity contribution in [2.24, 2.45) is 11.7 Å². The molecule has 0 amide bonds. The number of nitrogens with one attached hydrogen (secondary N) is 1. The molecular weight excluding hydrogens is 238 g/mol. The van der Waals surface area contributed by atoms with Crippen molar-refractivity contribution in [2.45, 2.75) is 45.1 Å². The van der Waals surface area contributed by atoms with Gasteiger partial charge >= 0.3 is 0 Å². The molecule has 2 rings (SSSR count). The first-order valence-corrected chi connectivity index (χ1v) is 7.01. The van der Waals surface area contributed by atoms with E-state index in [0.717, 1.165) is 11.7 Å². The Balaban J connectivity index is 1.99. The molecule has 1 saturated carbocycles. The Labute approximate surface area is 114 Å². The molecule has 5 nitrogen and oxygen atoms in total.